The fraction of sp³-hybridized carbons (Fsp3) is 0.182. The summed E-state index contributed by atoms with van der Waals surface area (Å²) in [4.78, 5) is 17.6. The maximum atomic E-state index is 14.3. The molecule has 0 aliphatic rings. The van der Waals surface area contributed by atoms with Crippen molar-refractivity contribution in [2.45, 2.75) is 19.9 Å². The minimum atomic E-state index is -0.496. The molecule has 0 amide bonds. The van der Waals surface area contributed by atoms with Crippen LogP contribution < -0.4 is 15.2 Å². The van der Waals surface area contributed by atoms with Crippen LogP contribution >= 0.6 is 0 Å². The molecule has 3 aromatic heterocycles. The largest absolute Gasteiger partial charge is 0.848 e. The van der Waals surface area contributed by atoms with Crippen molar-refractivity contribution in [2.75, 3.05) is 0 Å². The van der Waals surface area contributed by atoms with Gasteiger partial charge in [0.25, 0.3) is 0 Å². The highest BCUT2D eigenvalue weighted by molar-refractivity contribution is 6.04. The first-order valence-corrected chi connectivity index (χ1v) is 9.64. The number of aryl methyl sites for hydroxylation is 1. The van der Waals surface area contributed by atoms with E-state index < -0.39 is 17.3 Å². The van der Waals surface area contributed by atoms with Crippen molar-refractivity contribution in [1.82, 2.24) is 19.2 Å². The lowest BCUT2D eigenvalue weighted by Gasteiger charge is -2.16. The van der Waals surface area contributed by atoms with Gasteiger partial charge in [-0.3, -0.25) is 0 Å². The minimum absolute atomic E-state index is 0.0492. The predicted octanol–water partition coefficient (Wildman–Crippen LogP) is 1.85. The molecule has 2 aromatic carbocycles. The summed E-state index contributed by atoms with van der Waals surface area (Å²) in [5.74, 6) is -0.813. The van der Waals surface area contributed by atoms with E-state index in [4.69, 9.17) is 0 Å². The molecule has 150 valence electrons. The Morgan fingerprint density at radius 1 is 1.13 bits per heavy atom. The molecule has 0 bridgehead atoms. The molecule has 5 rings (SSSR count). The molecule has 0 aliphatic carbocycles. The average molecular weight is 403 g/mol. The first-order chi connectivity index (χ1) is 14.5. The average Bonchev–Trinajstić information content (AvgIpc) is 3.04. The molecule has 30 heavy (non-hydrogen) atoms. The minimum Gasteiger partial charge on any atom is -0.848 e. The van der Waals surface area contributed by atoms with Crippen molar-refractivity contribution in [2.24, 2.45) is 7.05 Å². The quantitative estimate of drug-likeness (QED) is 0.431. The maximum Gasteiger partial charge on any atom is 0.428 e. The van der Waals surface area contributed by atoms with Gasteiger partial charge < -0.3 is 9.67 Å². The van der Waals surface area contributed by atoms with E-state index in [1.807, 2.05) is 35.9 Å². The van der Waals surface area contributed by atoms with E-state index >= 15 is 0 Å². The van der Waals surface area contributed by atoms with E-state index in [1.54, 1.807) is 25.1 Å². The molecule has 8 heteroatoms. The third kappa shape index (κ3) is 2.50. The first-order valence-electron chi connectivity index (χ1n) is 9.64. The van der Waals surface area contributed by atoms with Gasteiger partial charge in [0, 0.05) is 23.9 Å². The molecule has 0 saturated heterocycles. The molecule has 5 aromatic rings. The highest BCUT2D eigenvalue weighted by atomic mass is 19.1. The molecule has 0 saturated carbocycles. The molecule has 0 fully saturated rings. The summed E-state index contributed by atoms with van der Waals surface area (Å²) in [5, 5.41) is 18.5. The Balaban J connectivity index is 1.92. The zero-order valence-corrected chi connectivity index (χ0v) is 16.5. The summed E-state index contributed by atoms with van der Waals surface area (Å²) in [6.07, 6.45) is 0.243. The Labute approximate surface area is 170 Å². The summed E-state index contributed by atoms with van der Waals surface area (Å²) >= 11 is 0. The van der Waals surface area contributed by atoms with Crippen molar-refractivity contribution >= 4 is 27.8 Å². The number of benzene rings is 2. The topological polar surface area (TPSA) is 79.1 Å². The summed E-state index contributed by atoms with van der Waals surface area (Å²) in [6, 6.07) is 13.9. The lowest BCUT2D eigenvalue weighted by atomic mass is 10.2. The van der Waals surface area contributed by atoms with Crippen LogP contribution in [0.1, 0.15) is 18.1 Å². The zero-order chi connectivity index (χ0) is 21.0. The van der Waals surface area contributed by atoms with E-state index in [0.29, 0.717) is 16.7 Å². The molecule has 0 N–H and O–H groups in total. The number of nitrogens with zero attached hydrogens (tertiary/aromatic N) is 5. The smallest absolute Gasteiger partial charge is 0.428 e. The third-order valence-electron chi connectivity index (χ3n) is 5.48. The Morgan fingerprint density at radius 2 is 1.87 bits per heavy atom. The van der Waals surface area contributed by atoms with Gasteiger partial charge in [-0.05, 0) is 23.5 Å². The molecule has 7 nitrogen and oxygen atoms in total. The van der Waals surface area contributed by atoms with Gasteiger partial charge in [0.05, 0.1) is 17.6 Å². The van der Waals surface area contributed by atoms with Gasteiger partial charge >= 0.3 is 11.3 Å². The van der Waals surface area contributed by atoms with Crippen LogP contribution in [-0.4, -0.2) is 19.2 Å². The van der Waals surface area contributed by atoms with E-state index in [9.17, 15) is 14.3 Å². The van der Waals surface area contributed by atoms with Crippen LogP contribution in [0, 0.1) is 5.82 Å². The molecule has 0 unspecified atom stereocenters. The normalized spacial score (nSPS) is 11.7. The fourth-order valence-electron chi connectivity index (χ4n) is 3.90. The number of rotatable bonds is 3. The second-order valence-electron chi connectivity index (χ2n) is 7.19. The maximum absolute atomic E-state index is 14.3. The van der Waals surface area contributed by atoms with Crippen LogP contribution in [0.15, 0.2) is 53.3 Å². The van der Waals surface area contributed by atoms with Crippen molar-refractivity contribution < 1.29 is 14.1 Å². The molecular weight excluding hydrogens is 385 g/mol. The van der Waals surface area contributed by atoms with Gasteiger partial charge in [0.1, 0.15) is 5.82 Å². The van der Waals surface area contributed by atoms with Gasteiger partial charge in [0.15, 0.2) is 5.52 Å². The molecule has 0 atom stereocenters. The van der Waals surface area contributed by atoms with E-state index in [-0.39, 0.29) is 24.3 Å². The fourth-order valence-corrected chi connectivity index (χ4v) is 3.90. The summed E-state index contributed by atoms with van der Waals surface area (Å²) in [5.41, 5.74) is 1.96. The van der Waals surface area contributed by atoms with Crippen LogP contribution in [0.2, 0.25) is 0 Å². The van der Waals surface area contributed by atoms with Gasteiger partial charge in [-0.25, -0.2) is 13.8 Å². The van der Waals surface area contributed by atoms with Crippen LogP contribution in [0.4, 0.5) is 4.39 Å². The highest BCUT2D eigenvalue weighted by Gasteiger charge is 2.24. The second-order valence-corrected chi connectivity index (χ2v) is 7.19. The van der Waals surface area contributed by atoms with Gasteiger partial charge in [0.2, 0.25) is 5.65 Å². The summed E-state index contributed by atoms with van der Waals surface area (Å²) in [7, 11) is 1.85. The van der Waals surface area contributed by atoms with Crippen LogP contribution in [0.25, 0.3) is 27.8 Å². The number of fused-ring (bicyclic) bond motifs is 4. The predicted molar refractivity (Wildman–Crippen MR) is 108 cm³/mol. The molecule has 0 radical (unpaired) electrons. The molecule has 0 aliphatic heterocycles. The summed E-state index contributed by atoms with van der Waals surface area (Å²) in [6.45, 7) is 1.69. The van der Waals surface area contributed by atoms with Crippen molar-refractivity contribution in [1.29, 1.82) is 0 Å². The Morgan fingerprint density at radius 3 is 2.63 bits per heavy atom. The van der Waals surface area contributed by atoms with Crippen LogP contribution in [-0.2, 0) is 20.0 Å². The SMILES string of the molecule is CCc1c([O-])[n+](Cc2ccccc2F)c2nc3c(nn2c1=O)c1ccccc1n3C. The molecule has 3 heterocycles. The second kappa shape index (κ2) is 6.62. The monoisotopic (exact) mass is 403 g/mol. The lowest BCUT2D eigenvalue weighted by molar-refractivity contribution is -0.711. The number of hydrogen-bond donors (Lipinski definition) is 0. The van der Waals surface area contributed by atoms with Crippen LogP contribution in [0.3, 0.4) is 0 Å². The molecule has 0 spiro atoms. The highest BCUT2D eigenvalue weighted by Crippen LogP contribution is 2.24. The Bertz CT molecular complexity index is 1520. The van der Waals surface area contributed by atoms with Gasteiger partial charge in [-0.2, -0.15) is 0 Å². The molecular formula is C22H18FN5O2. The Hall–Kier alpha value is -3.81. The number of aromatic nitrogens is 5. The first kappa shape index (κ1) is 18.2. The number of para-hydroxylation sites is 1. The van der Waals surface area contributed by atoms with Gasteiger partial charge in [-0.15, -0.1) is 0 Å². The zero-order valence-electron chi connectivity index (χ0n) is 16.5. The number of hydrogen-bond acceptors (Lipinski definition) is 4. The van der Waals surface area contributed by atoms with Crippen molar-refractivity contribution in [3.05, 3.63) is 75.8 Å². The number of halogens is 1. The van der Waals surface area contributed by atoms with E-state index in [1.165, 1.54) is 10.6 Å². The van der Waals surface area contributed by atoms with Crippen LogP contribution in [0.5, 0.6) is 5.88 Å². The lowest BCUT2D eigenvalue weighted by Crippen LogP contribution is -2.46. The van der Waals surface area contributed by atoms with Crippen molar-refractivity contribution in [3.8, 4) is 5.88 Å². The van der Waals surface area contributed by atoms with Crippen molar-refractivity contribution in [3.63, 3.8) is 0 Å². The third-order valence-corrected chi connectivity index (χ3v) is 5.48. The summed E-state index contributed by atoms with van der Waals surface area (Å²) < 4.78 is 18.7. The van der Waals surface area contributed by atoms with E-state index in [0.717, 1.165) is 15.4 Å². The van der Waals surface area contributed by atoms with E-state index in [2.05, 4.69) is 10.1 Å². The van der Waals surface area contributed by atoms with Gasteiger partial charge in [-0.1, -0.05) is 52.9 Å². The standard InChI is InChI=1S/C22H18FN5O2/c1-3-14-20(29)27(12-13-8-4-6-10-16(13)23)22-24-19-18(25-28(22)21(14)30)15-9-5-7-11-17(15)26(19)2/h4-11H,3,12H2,1-2H3. The Kier molecular flexibility index (Phi) is 4.02.